The largest absolute Gasteiger partial charge is 0.497 e. The van der Waals surface area contributed by atoms with Crippen molar-refractivity contribution in [3.63, 3.8) is 0 Å². The molecule has 2 fully saturated rings. The van der Waals surface area contributed by atoms with Crippen LogP contribution in [0.1, 0.15) is 25.3 Å². The van der Waals surface area contributed by atoms with Crippen LogP contribution in [-0.4, -0.2) is 37.4 Å². The van der Waals surface area contributed by atoms with Gasteiger partial charge in [-0.2, -0.15) is 0 Å². The average molecular weight is 318 g/mol. The first-order chi connectivity index (χ1) is 11.0. The van der Waals surface area contributed by atoms with Crippen molar-refractivity contribution in [1.82, 2.24) is 10.6 Å². The second kappa shape index (κ2) is 4.61. The summed E-state index contributed by atoms with van der Waals surface area (Å²) in [6, 6.07) is 4.73. The van der Waals surface area contributed by atoms with Gasteiger partial charge < -0.3 is 19.5 Å². The van der Waals surface area contributed by atoms with Crippen molar-refractivity contribution in [2.75, 3.05) is 13.7 Å². The van der Waals surface area contributed by atoms with Crippen LogP contribution in [-0.2, 0) is 15.1 Å². The Morgan fingerprint density at radius 1 is 1.35 bits per heavy atom. The van der Waals surface area contributed by atoms with Crippen LogP contribution in [0.15, 0.2) is 18.2 Å². The Morgan fingerprint density at radius 3 is 2.87 bits per heavy atom. The first kappa shape index (κ1) is 14.3. The fourth-order valence-electron chi connectivity index (χ4n) is 3.89. The minimum atomic E-state index is -1.32. The van der Waals surface area contributed by atoms with Crippen LogP contribution in [0.5, 0.6) is 11.5 Å². The topological polar surface area (TPSA) is 85.9 Å². The van der Waals surface area contributed by atoms with E-state index in [1.807, 2.05) is 6.92 Å². The van der Waals surface area contributed by atoms with E-state index in [0.717, 1.165) is 12.8 Å². The molecule has 3 atom stereocenters. The highest BCUT2D eigenvalue weighted by Crippen LogP contribution is 2.52. The van der Waals surface area contributed by atoms with Gasteiger partial charge in [-0.15, -0.1) is 0 Å². The highest BCUT2D eigenvalue weighted by Gasteiger charge is 2.68. The number of fused-ring (bicyclic) bond motifs is 4. The summed E-state index contributed by atoms with van der Waals surface area (Å²) < 4.78 is 17.4. The second-order valence-electron chi connectivity index (χ2n) is 6.22. The zero-order valence-corrected chi connectivity index (χ0v) is 13.0. The molecule has 0 aromatic heterocycles. The van der Waals surface area contributed by atoms with Crippen LogP contribution in [0.3, 0.4) is 0 Å². The quantitative estimate of drug-likeness (QED) is 0.756. The van der Waals surface area contributed by atoms with E-state index in [0.29, 0.717) is 23.7 Å². The fourth-order valence-corrected chi connectivity index (χ4v) is 3.89. The van der Waals surface area contributed by atoms with E-state index in [9.17, 15) is 9.59 Å². The van der Waals surface area contributed by atoms with Crippen LogP contribution in [0.25, 0.3) is 0 Å². The van der Waals surface area contributed by atoms with E-state index in [-0.39, 0.29) is 6.10 Å². The van der Waals surface area contributed by atoms with E-state index in [2.05, 4.69) is 10.6 Å². The number of hydrogen-bond donors (Lipinski definition) is 2. The van der Waals surface area contributed by atoms with Gasteiger partial charge in [0, 0.05) is 12.2 Å². The number of amides is 3. The molecule has 3 amide bonds. The van der Waals surface area contributed by atoms with Gasteiger partial charge in [0.1, 0.15) is 23.2 Å². The number of imide groups is 1. The SMILES string of the molecule is COc1ccc2c(c1)[C@]1(NC(=O)NC1=O)[C@@]1(C)OCCCC1O2. The Morgan fingerprint density at radius 2 is 2.17 bits per heavy atom. The van der Waals surface area contributed by atoms with Crippen molar-refractivity contribution in [2.45, 2.75) is 37.0 Å². The number of carbonyl (C=O) groups excluding carboxylic acids is 2. The predicted octanol–water partition coefficient (Wildman–Crippen LogP) is 1.06. The molecule has 0 radical (unpaired) electrons. The fraction of sp³-hybridized carbons (Fsp3) is 0.500. The minimum Gasteiger partial charge on any atom is -0.497 e. The molecule has 3 heterocycles. The van der Waals surface area contributed by atoms with Gasteiger partial charge in [-0.1, -0.05) is 0 Å². The van der Waals surface area contributed by atoms with Crippen molar-refractivity contribution < 1.29 is 23.8 Å². The number of rotatable bonds is 1. The first-order valence-corrected chi connectivity index (χ1v) is 7.64. The highest BCUT2D eigenvalue weighted by atomic mass is 16.6. The third-order valence-electron chi connectivity index (χ3n) is 5.10. The Hall–Kier alpha value is -2.28. The molecule has 4 rings (SSSR count). The van der Waals surface area contributed by atoms with E-state index in [1.165, 1.54) is 0 Å². The van der Waals surface area contributed by atoms with E-state index < -0.39 is 23.1 Å². The maximum absolute atomic E-state index is 12.8. The summed E-state index contributed by atoms with van der Waals surface area (Å²) >= 11 is 0. The Balaban J connectivity index is 1.98. The molecule has 0 aliphatic carbocycles. The molecule has 1 unspecified atom stereocenters. The number of methoxy groups -OCH3 is 1. The standard InChI is InChI=1S/C16H18N2O5/c1-15-12(4-3-7-22-15)23-11-6-5-9(21-2)8-10(11)16(15)13(19)17-14(20)18-16/h5-6,8,12H,3-4,7H2,1-2H3,(H2,17,18,19,20)/t12?,15-,16+/m0/s1. The molecule has 122 valence electrons. The van der Waals surface area contributed by atoms with Crippen LogP contribution in [0.4, 0.5) is 4.79 Å². The molecule has 3 aliphatic rings. The van der Waals surface area contributed by atoms with Crippen molar-refractivity contribution in [2.24, 2.45) is 0 Å². The summed E-state index contributed by atoms with van der Waals surface area (Å²) in [5, 5.41) is 5.15. The lowest BCUT2D eigenvalue weighted by Crippen LogP contribution is -2.71. The van der Waals surface area contributed by atoms with Gasteiger partial charge in [-0.05, 0) is 38.0 Å². The summed E-state index contributed by atoms with van der Waals surface area (Å²) in [5.74, 6) is 0.726. The number of urea groups is 1. The molecule has 1 aromatic rings. The molecule has 2 saturated heterocycles. The lowest BCUT2D eigenvalue weighted by atomic mass is 9.68. The van der Waals surface area contributed by atoms with Gasteiger partial charge in [-0.25, -0.2) is 4.79 Å². The zero-order chi connectivity index (χ0) is 16.2. The Labute approximate surface area is 133 Å². The smallest absolute Gasteiger partial charge is 0.322 e. The molecule has 23 heavy (non-hydrogen) atoms. The van der Waals surface area contributed by atoms with Crippen molar-refractivity contribution in [3.8, 4) is 11.5 Å². The van der Waals surface area contributed by atoms with Crippen molar-refractivity contribution in [1.29, 1.82) is 0 Å². The lowest BCUT2D eigenvalue weighted by molar-refractivity contribution is -0.192. The molecule has 2 N–H and O–H groups in total. The van der Waals surface area contributed by atoms with Gasteiger partial charge in [0.15, 0.2) is 5.54 Å². The Bertz CT molecular complexity index is 706. The normalized spacial score (nSPS) is 35.0. The summed E-state index contributed by atoms with van der Waals surface area (Å²) in [5.41, 5.74) is -1.75. The average Bonchev–Trinajstić information content (AvgIpc) is 2.84. The summed E-state index contributed by atoms with van der Waals surface area (Å²) in [6.07, 6.45) is 1.28. The second-order valence-corrected chi connectivity index (χ2v) is 6.22. The maximum Gasteiger partial charge on any atom is 0.322 e. The molecule has 7 nitrogen and oxygen atoms in total. The van der Waals surface area contributed by atoms with Crippen LogP contribution in [0.2, 0.25) is 0 Å². The Kier molecular flexibility index (Phi) is 2.87. The van der Waals surface area contributed by atoms with Crippen molar-refractivity contribution in [3.05, 3.63) is 23.8 Å². The van der Waals surface area contributed by atoms with Crippen LogP contribution < -0.4 is 20.1 Å². The molecule has 0 bridgehead atoms. The van der Waals surface area contributed by atoms with Crippen LogP contribution in [0, 0.1) is 0 Å². The molecule has 1 aromatic carbocycles. The summed E-state index contributed by atoms with van der Waals surface area (Å²) in [7, 11) is 1.55. The van der Waals surface area contributed by atoms with Crippen LogP contribution >= 0.6 is 0 Å². The molecular weight excluding hydrogens is 300 g/mol. The number of carbonyl (C=O) groups is 2. The van der Waals surface area contributed by atoms with Gasteiger partial charge in [0.25, 0.3) is 5.91 Å². The third-order valence-corrected chi connectivity index (χ3v) is 5.10. The lowest BCUT2D eigenvalue weighted by Gasteiger charge is -2.53. The summed E-state index contributed by atoms with van der Waals surface area (Å²) in [4.78, 5) is 24.8. The third kappa shape index (κ3) is 1.68. The van der Waals surface area contributed by atoms with E-state index >= 15 is 0 Å². The van der Waals surface area contributed by atoms with Gasteiger partial charge in [0.2, 0.25) is 0 Å². The van der Waals surface area contributed by atoms with Crippen molar-refractivity contribution >= 4 is 11.9 Å². The zero-order valence-electron chi connectivity index (χ0n) is 13.0. The van der Waals surface area contributed by atoms with E-state index in [1.54, 1.807) is 25.3 Å². The monoisotopic (exact) mass is 318 g/mol. The minimum absolute atomic E-state index is 0.318. The first-order valence-electron chi connectivity index (χ1n) is 7.64. The van der Waals surface area contributed by atoms with Gasteiger partial charge >= 0.3 is 6.03 Å². The predicted molar refractivity (Wildman–Crippen MR) is 79.4 cm³/mol. The molecule has 0 saturated carbocycles. The molecule has 1 spiro atoms. The number of benzene rings is 1. The number of hydrogen-bond acceptors (Lipinski definition) is 5. The maximum atomic E-state index is 12.8. The van der Waals surface area contributed by atoms with Gasteiger partial charge in [0.05, 0.1) is 7.11 Å². The molecular formula is C16H18N2O5. The molecule has 7 heteroatoms. The number of nitrogens with one attached hydrogen (secondary N) is 2. The molecule has 3 aliphatic heterocycles. The van der Waals surface area contributed by atoms with E-state index in [4.69, 9.17) is 14.2 Å². The highest BCUT2D eigenvalue weighted by molar-refractivity contribution is 6.09. The number of ether oxygens (including phenoxy) is 3. The van der Waals surface area contributed by atoms with Gasteiger partial charge in [-0.3, -0.25) is 10.1 Å². The summed E-state index contributed by atoms with van der Waals surface area (Å²) in [6.45, 7) is 2.34.